The number of hydrogen-bond donors (Lipinski definition) is 1. The molecular weight excluding hydrogens is 244 g/mol. The minimum Gasteiger partial charge on any atom is -0.465 e. The largest absolute Gasteiger partial charge is 0.465 e. The van der Waals surface area contributed by atoms with Gasteiger partial charge in [-0.2, -0.15) is 0 Å². The first-order chi connectivity index (χ1) is 9.11. The lowest BCUT2D eigenvalue weighted by atomic mass is 10.2. The molecule has 0 saturated heterocycles. The van der Waals surface area contributed by atoms with E-state index < -0.39 is 5.97 Å². The molecule has 2 N–H and O–H groups in total. The molecule has 0 aliphatic heterocycles. The number of rotatable bonds is 3. The lowest BCUT2D eigenvalue weighted by molar-refractivity contribution is 0.0601. The van der Waals surface area contributed by atoms with Gasteiger partial charge in [0.1, 0.15) is 5.75 Å². The van der Waals surface area contributed by atoms with Crippen molar-refractivity contribution >= 4 is 11.7 Å². The number of nitrogens with zero attached hydrogens (tertiary/aromatic N) is 1. The smallest absolute Gasteiger partial charge is 0.340 e. The zero-order valence-electron chi connectivity index (χ0n) is 10.7. The summed E-state index contributed by atoms with van der Waals surface area (Å²) >= 11 is 0. The fourth-order valence-corrected chi connectivity index (χ4v) is 1.57. The van der Waals surface area contributed by atoms with E-state index in [1.165, 1.54) is 19.4 Å². The van der Waals surface area contributed by atoms with Gasteiger partial charge in [-0.1, -0.05) is 18.2 Å². The Labute approximate surface area is 111 Å². The Bertz CT molecular complexity index is 611. The number of nitrogens with two attached hydrogens (primary N) is 1. The number of pyridine rings is 1. The predicted molar refractivity (Wildman–Crippen MR) is 71.2 cm³/mol. The van der Waals surface area contributed by atoms with E-state index in [2.05, 4.69) is 9.72 Å². The molecule has 2 aromatic rings. The second kappa shape index (κ2) is 5.39. The molecule has 1 aromatic heterocycles. The van der Waals surface area contributed by atoms with Gasteiger partial charge in [0.25, 0.3) is 0 Å². The summed E-state index contributed by atoms with van der Waals surface area (Å²) in [5.41, 5.74) is 7.13. The Morgan fingerprint density at radius 2 is 2.05 bits per heavy atom. The number of aryl methyl sites for hydroxylation is 1. The molecule has 1 heterocycles. The van der Waals surface area contributed by atoms with Crippen LogP contribution in [-0.4, -0.2) is 18.1 Å². The number of hydrogen-bond acceptors (Lipinski definition) is 5. The molecule has 0 aliphatic carbocycles. The van der Waals surface area contributed by atoms with Crippen LogP contribution in [0, 0.1) is 6.92 Å². The third-order valence-corrected chi connectivity index (χ3v) is 2.62. The van der Waals surface area contributed by atoms with Crippen molar-refractivity contribution < 1.29 is 14.3 Å². The van der Waals surface area contributed by atoms with Crippen LogP contribution in [0.5, 0.6) is 11.6 Å². The van der Waals surface area contributed by atoms with E-state index >= 15 is 0 Å². The van der Waals surface area contributed by atoms with Gasteiger partial charge < -0.3 is 15.2 Å². The van der Waals surface area contributed by atoms with E-state index in [0.717, 1.165) is 5.56 Å². The molecule has 2 rings (SSSR count). The molecule has 98 valence electrons. The summed E-state index contributed by atoms with van der Waals surface area (Å²) < 4.78 is 10.3. The van der Waals surface area contributed by atoms with Crippen LogP contribution in [-0.2, 0) is 4.74 Å². The normalized spacial score (nSPS) is 10.0. The maximum atomic E-state index is 11.5. The highest BCUT2D eigenvalue weighted by molar-refractivity contribution is 5.95. The highest BCUT2D eigenvalue weighted by atomic mass is 16.5. The van der Waals surface area contributed by atoms with E-state index in [0.29, 0.717) is 11.6 Å². The van der Waals surface area contributed by atoms with Crippen LogP contribution in [0.3, 0.4) is 0 Å². The van der Waals surface area contributed by atoms with Crippen LogP contribution in [0.25, 0.3) is 0 Å². The fraction of sp³-hybridized carbons (Fsp3) is 0.143. The summed E-state index contributed by atoms with van der Waals surface area (Å²) in [5, 5.41) is 0. The van der Waals surface area contributed by atoms with E-state index in [-0.39, 0.29) is 11.3 Å². The van der Waals surface area contributed by atoms with Crippen molar-refractivity contribution in [1.82, 2.24) is 4.98 Å². The molecular formula is C14H14N2O3. The number of carbonyl (C=O) groups is 1. The number of ether oxygens (including phenoxy) is 2. The topological polar surface area (TPSA) is 74.4 Å². The van der Waals surface area contributed by atoms with Gasteiger partial charge in [0.2, 0.25) is 5.88 Å². The third kappa shape index (κ3) is 2.82. The van der Waals surface area contributed by atoms with Gasteiger partial charge in [0, 0.05) is 6.07 Å². The molecule has 0 spiro atoms. The Morgan fingerprint density at radius 3 is 2.74 bits per heavy atom. The van der Waals surface area contributed by atoms with Gasteiger partial charge >= 0.3 is 5.97 Å². The fourth-order valence-electron chi connectivity index (χ4n) is 1.57. The summed E-state index contributed by atoms with van der Waals surface area (Å²) in [6.45, 7) is 1.92. The molecule has 5 nitrogen and oxygen atoms in total. The first-order valence-electron chi connectivity index (χ1n) is 5.69. The number of carbonyl (C=O) groups excluding carboxylic acids is 1. The van der Waals surface area contributed by atoms with Crippen molar-refractivity contribution in [3.8, 4) is 11.6 Å². The molecule has 0 saturated carbocycles. The number of anilines is 1. The lowest BCUT2D eigenvalue weighted by Crippen LogP contribution is -2.06. The van der Waals surface area contributed by atoms with Crippen molar-refractivity contribution in [2.45, 2.75) is 6.92 Å². The molecule has 0 radical (unpaired) electrons. The van der Waals surface area contributed by atoms with Crippen LogP contribution in [0.15, 0.2) is 36.5 Å². The number of para-hydroxylation sites is 1. The average molecular weight is 258 g/mol. The number of benzene rings is 1. The molecule has 0 bridgehead atoms. The minimum absolute atomic E-state index is 0.237. The van der Waals surface area contributed by atoms with Crippen molar-refractivity contribution in [3.05, 3.63) is 47.7 Å². The molecule has 0 unspecified atom stereocenters. The van der Waals surface area contributed by atoms with Crippen LogP contribution in [0.4, 0.5) is 5.69 Å². The van der Waals surface area contributed by atoms with Crippen LogP contribution < -0.4 is 10.5 Å². The van der Waals surface area contributed by atoms with Crippen molar-refractivity contribution in [3.63, 3.8) is 0 Å². The maximum absolute atomic E-state index is 11.5. The van der Waals surface area contributed by atoms with Crippen LogP contribution in [0.1, 0.15) is 15.9 Å². The predicted octanol–water partition coefficient (Wildman–Crippen LogP) is 2.55. The zero-order valence-corrected chi connectivity index (χ0v) is 10.7. The van der Waals surface area contributed by atoms with Crippen molar-refractivity contribution in [2.75, 3.05) is 12.8 Å². The molecule has 0 amide bonds. The lowest BCUT2D eigenvalue weighted by Gasteiger charge is -2.09. The van der Waals surface area contributed by atoms with E-state index in [1.807, 2.05) is 31.2 Å². The highest BCUT2D eigenvalue weighted by Crippen LogP contribution is 2.25. The van der Waals surface area contributed by atoms with Gasteiger partial charge in [-0.25, -0.2) is 9.78 Å². The average Bonchev–Trinajstić information content (AvgIpc) is 2.42. The first kappa shape index (κ1) is 12.9. The highest BCUT2D eigenvalue weighted by Gasteiger charge is 2.13. The summed E-state index contributed by atoms with van der Waals surface area (Å²) in [6.07, 6.45) is 1.37. The summed E-state index contributed by atoms with van der Waals surface area (Å²) in [7, 11) is 1.30. The second-order valence-corrected chi connectivity index (χ2v) is 3.97. The monoisotopic (exact) mass is 258 g/mol. The number of esters is 1. The molecule has 19 heavy (non-hydrogen) atoms. The maximum Gasteiger partial charge on any atom is 0.340 e. The molecule has 1 aromatic carbocycles. The van der Waals surface area contributed by atoms with Gasteiger partial charge in [0.05, 0.1) is 24.6 Å². The van der Waals surface area contributed by atoms with Gasteiger partial charge in [-0.15, -0.1) is 0 Å². The van der Waals surface area contributed by atoms with E-state index in [4.69, 9.17) is 10.5 Å². The van der Waals surface area contributed by atoms with Gasteiger partial charge in [-0.05, 0) is 18.6 Å². The second-order valence-electron chi connectivity index (χ2n) is 3.97. The Morgan fingerprint density at radius 1 is 1.32 bits per heavy atom. The van der Waals surface area contributed by atoms with Crippen molar-refractivity contribution in [1.29, 1.82) is 0 Å². The van der Waals surface area contributed by atoms with Crippen LogP contribution in [0.2, 0.25) is 0 Å². The first-order valence-corrected chi connectivity index (χ1v) is 5.69. The van der Waals surface area contributed by atoms with Gasteiger partial charge in [0.15, 0.2) is 0 Å². The Kier molecular flexibility index (Phi) is 3.66. The SMILES string of the molecule is COC(=O)c1cc(Oc2ccccc2C)ncc1N. The standard InChI is InChI=1S/C14H14N2O3/c1-9-5-3-4-6-12(9)19-13-7-10(14(17)18-2)11(15)8-16-13/h3-8H,15H2,1-2H3. The minimum atomic E-state index is -0.519. The Hall–Kier alpha value is -2.56. The number of nitrogen functional groups attached to an aromatic ring is 1. The summed E-state index contributed by atoms with van der Waals surface area (Å²) in [5.74, 6) is 0.453. The van der Waals surface area contributed by atoms with E-state index in [9.17, 15) is 4.79 Å². The quantitative estimate of drug-likeness (QED) is 0.856. The van der Waals surface area contributed by atoms with Gasteiger partial charge in [-0.3, -0.25) is 0 Å². The number of methoxy groups -OCH3 is 1. The molecule has 0 aliphatic rings. The summed E-state index contributed by atoms with van der Waals surface area (Å²) in [6, 6.07) is 8.99. The third-order valence-electron chi connectivity index (χ3n) is 2.62. The number of aromatic nitrogens is 1. The summed E-state index contributed by atoms with van der Waals surface area (Å²) in [4.78, 5) is 15.6. The van der Waals surface area contributed by atoms with Crippen molar-refractivity contribution in [2.24, 2.45) is 0 Å². The molecule has 5 heteroatoms. The Balaban J connectivity index is 2.32. The van der Waals surface area contributed by atoms with Crippen LogP contribution >= 0.6 is 0 Å². The molecule has 0 fully saturated rings. The van der Waals surface area contributed by atoms with E-state index in [1.54, 1.807) is 0 Å². The molecule has 0 atom stereocenters. The zero-order chi connectivity index (χ0) is 13.8.